The number of hydrogen-bond acceptors (Lipinski definition) is 25. The van der Waals surface area contributed by atoms with Crippen molar-refractivity contribution in [1.82, 2.24) is 99.0 Å². The van der Waals surface area contributed by atoms with Gasteiger partial charge in [-0.1, -0.05) is 71.3 Å². The first-order valence-corrected chi connectivity index (χ1v) is 45.9. The lowest BCUT2D eigenvalue weighted by Crippen LogP contribution is -2.54. The van der Waals surface area contributed by atoms with Gasteiger partial charge in [0.1, 0.15) is 29.9 Å². The molecule has 8 fully saturated rings. The number of ether oxygens (including phenoxy) is 2. The van der Waals surface area contributed by atoms with Crippen LogP contribution in [0.2, 0.25) is 0 Å². The van der Waals surface area contributed by atoms with Gasteiger partial charge in [0, 0.05) is 180 Å². The highest BCUT2D eigenvalue weighted by Crippen LogP contribution is 2.40. The minimum Gasteiger partial charge on any atom is -0.461 e. The van der Waals surface area contributed by atoms with Gasteiger partial charge in [0.05, 0.1) is 73.6 Å². The predicted molar refractivity (Wildman–Crippen MR) is 468 cm³/mol. The number of alkyl halides is 10. The van der Waals surface area contributed by atoms with Crippen molar-refractivity contribution in [2.75, 3.05) is 34.5 Å². The summed E-state index contributed by atoms with van der Waals surface area (Å²) in [4.78, 5) is 112. The molecule has 16 rings (SSSR count). The number of β-lactam (4-membered cyclic amide) rings is 4. The molecule has 4 atom stereocenters. The highest BCUT2D eigenvalue weighted by molar-refractivity contribution is 9.08. The smallest absolute Gasteiger partial charge is 0.358 e. The molecular weight excluding hydrogens is 1790 g/mol. The molecule has 4 saturated carbocycles. The van der Waals surface area contributed by atoms with Crippen LogP contribution in [0.4, 0.5) is 62.8 Å². The highest BCUT2D eigenvalue weighted by atomic mass is 79.9. The quantitative estimate of drug-likeness (QED) is 0.0110. The highest BCUT2D eigenvalue weighted by Gasteiger charge is 2.44. The van der Waals surface area contributed by atoms with Gasteiger partial charge in [-0.15, -0.1) is 0 Å². The zero-order valence-corrected chi connectivity index (χ0v) is 76.7. The summed E-state index contributed by atoms with van der Waals surface area (Å²) < 4.78 is 136. The fraction of sp³-hybridized carbons (Fsp3) is 0.614. The van der Waals surface area contributed by atoms with Crippen molar-refractivity contribution in [3.8, 4) is 23.8 Å². The van der Waals surface area contributed by atoms with E-state index >= 15 is 0 Å². The summed E-state index contributed by atoms with van der Waals surface area (Å²) in [7, 11) is 0. The Hall–Kier alpha value is -11.0. The lowest BCUT2D eigenvalue weighted by atomic mass is 9.91. The first kappa shape index (κ1) is 99.0. The number of carbonyl (C=O) groups is 6. The molecule has 0 aromatic carbocycles. The number of halogens is 10. The van der Waals surface area contributed by atoms with Gasteiger partial charge in [0.15, 0.2) is 11.4 Å². The number of anilines is 4. The van der Waals surface area contributed by atoms with Crippen molar-refractivity contribution < 1.29 is 82.9 Å². The van der Waals surface area contributed by atoms with Crippen LogP contribution < -0.4 is 26.6 Å². The molecule has 0 radical (unpaired) electrons. The molecule has 4 saturated heterocycles. The molecule has 0 bridgehead atoms. The van der Waals surface area contributed by atoms with Crippen LogP contribution in [0.5, 0.6) is 0 Å². The molecular formula is C88H116BrF9N24O9. The predicted octanol–water partition coefficient (Wildman–Crippen LogP) is 14.6. The molecule has 712 valence electrons. The van der Waals surface area contributed by atoms with Crippen molar-refractivity contribution in [3.63, 3.8) is 0 Å². The third kappa shape index (κ3) is 27.1. The van der Waals surface area contributed by atoms with Crippen molar-refractivity contribution in [2.45, 2.75) is 308 Å². The van der Waals surface area contributed by atoms with Crippen molar-refractivity contribution >= 4 is 74.8 Å². The van der Waals surface area contributed by atoms with Crippen LogP contribution in [0, 0.1) is 23.7 Å². The third-order valence-electron chi connectivity index (χ3n) is 24.2. The number of rotatable bonds is 29. The van der Waals surface area contributed by atoms with Gasteiger partial charge in [-0.25, -0.2) is 87.8 Å². The maximum Gasteiger partial charge on any atom is 0.358 e. The summed E-state index contributed by atoms with van der Waals surface area (Å²) in [5.41, 5.74) is 3.59. The fourth-order valence-electron chi connectivity index (χ4n) is 16.3. The van der Waals surface area contributed by atoms with Crippen LogP contribution in [0.3, 0.4) is 0 Å². The van der Waals surface area contributed by atoms with E-state index in [1.807, 2.05) is 4.90 Å². The van der Waals surface area contributed by atoms with E-state index in [0.29, 0.717) is 183 Å². The minimum absolute atomic E-state index is 0.0616. The van der Waals surface area contributed by atoms with E-state index in [9.17, 15) is 73.4 Å². The van der Waals surface area contributed by atoms with E-state index < -0.39 is 42.3 Å². The molecule has 4 amide bonds. The van der Waals surface area contributed by atoms with Crippen LogP contribution in [0.25, 0.3) is 23.8 Å². The first-order chi connectivity index (χ1) is 62.2. The Labute approximate surface area is 761 Å². The van der Waals surface area contributed by atoms with Crippen molar-refractivity contribution in [1.29, 1.82) is 0 Å². The summed E-state index contributed by atoms with van der Waals surface area (Å²) in [6.07, 6.45) is 10.3. The minimum atomic E-state index is -2.62. The number of likely N-dealkylation sites (tertiary alicyclic amines) is 3. The van der Waals surface area contributed by atoms with Gasteiger partial charge in [0.25, 0.3) is 23.8 Å². The normalized spacial score (nSPS) is 20.6. The average molecular weight is 1900 g/mol. The number of nitrogens with one attached hydrogen (secondary N) is 5. The molecule has 0 spiro atoms. The van der Waals surface area contributed by atoms with Crippen LogP contribution >= 0.6 is 15.9 Å². The van der Waals surface area contributed by atoms with Crippen LogP contribution in [0.15, 0.2) is 73.3 Å². The zero-order valence-electron chi connectivity index (χ0n) is 75.1. The number of carbonyl (C=O) groups excluding carboxylic acids is 6. The summed E-state index contributed by atoms with van der Waals surface area (Å²) in [5.74, 6) is -6.40. The molecule has 8 aromatic rings. The maximum absolute atomic E-state index is 13.6. The number of aliphatic hydroxyl groups excluding tert-OH is 1. The van der Waals surface area contributed by atoms with Gasteiger partial charge in [-0.3, -0.25) is 19.2 Å². The SMILES string of the molecule is CC(C)C1CC(=O)N1.CC(C)C1CC(=O)N1Cc1cc(NC2CCC(F)(F)CC2)nc(-n2ccc(CF)n2)n1.CC(C)C1CC(=O)N1Cc1cc(NC2CCC(F)(F)CC2)nc(-n2ccc(CO)n2)n1.CCOC(=O)c1ccn(-c2nc(CBr)cc(NC3CCC(F)(F)CC3)n2)n1.CCOC(=O)c1ccn(-c2nc(CN3C(=O)CC3C(C)C)cc(NC3CCC(F)(F)CC3)n2)n1. The Balaban J connectivity index is 0.000000154. The van der Waals surface area contributed by atoms with Gasteiger partial charge in [0.2, 0.25) is 47.3 Å². The lowest BCUT2D eigenvalue weighted by molar-refractivity contribution is -0.150. The second kappa shape index (κ2) is 43.6. The number of aliphatic hydroxyl groups is 1. The van der Waals surface area contributed by atoms with Gasteiger partial charge in [-0.05, 0) is 113 Å². The molecule has 8 aromatic heterocycles. The number of amides is 4. The number of hydrogen-bond donors (Lipinski definition) is 6. The molecule has 4 aliphatic heterocycles. The molecule has 6 N–H and O–H groups in total. The molecule has 4 aliphatic carbocycles. The second-order valence-electron chi connectivity index (χ2n) is 35.7. The molecule has 33 nitrogen and oxygen atoms in total. The molecule has 4 unspecified atom stereocenters. The van der Waals surface area contributed by atoms with E-state index in [-0.39, 0.29) is 172 Å². The van der Waals surface area contributed by atoms with E-state index in [4.69, 9.17) is 9.47 Å². The number of aromatic nitrogens is 16. The van der Waals surface area contributed by atoms with Crippen LogP contribution in [-0.4, -0.2) is 220 Å². The summed E-state index contributed by atoms with van der Waals surface area (Å²) in [5, 5.41) is 42.3. The third-order valence-corrected chi connectivity index (χ3v) is 24.8. The standard InChI is InChI=1S/C23H30F2N6O3.C21H27F3N6O.C21H28F2N6O2.C17H20BrF2N5O2.C6H11NO/c1-4-34-21(33)17-7-10-31(29-17)22-27-16(13-30-18(14(2)3)12-20(30)32)11-19(28-22)26-15-5-8-23(24,25)9-6-15;1-13(2)17-10-19(31)29(17)12-16-9-18(25-14-3-6-21(23,24)7-4-14)27-20(26-16)30-8-5-15(11-22)28-30;1-13(2)17-10-19(31)28(17)11-16-9-18(24-14-3-6-21(22,23)7-4-14)26-20(25-16)29-8-5-15(12-30)27-29;1-2-27-15(26)13-5-8-25(24-13)16-22-12(10-18)9-14(23-16)21-11-3-6-17(19,20)7-4-11;1-4(2)5-3-6(8)7-5/h7,10-11,14-15,18H,4-6,8-9,12-13H2,1-3H3,(H,26,27,28);5,8-9,13-14,17H,3-4,6-7,10-12H2,1-2H3,(H,25,26,27);5,8-9,13-14,17,30H,3-4,6-7,10-12H2,1-2H3,(H,24,25,26);5,8-9,11H,2-4,6-7,10H2,1H3,(H,21,22,23);4-5H,3H2,1-2H3,(H,7,8). The molecule has 43 heteroatoms. The zero-order chi connectivity index (χ0) is 94.4. The maximum atomic E-state index is 13.6. The van der Waals surface area contributed by atoms with Crippen molar-refractivity contribution in [3.05, 3.63) is 119 Å². The van der Waals surface area contributed by atoms with Crippen LogP contribution in [-0.2, 0) is 66.9 Å². The fourth-order valence-corrected chi connectivity index (χ4v) is 16.6. The topological polar surface area (TPSA) is 385 Å². The second-order valence-corrected chi connectivity index (χ2v) is 36.2. The Morgan fingerprint density at radius 2 is 0.710 bits per heavy atom. The van der Waals surface area contributed by atoms with E-state index in [1.165, 1.54) is 30.9 Å². The monoisotopic (exact) mass is 1900 g/mol. The summed E-state index contributed by atoms with van der Waals surface area (Å²) in [6.45, 7) is 20.7. The summed E-state index contributed by atoms with van der Waals surface area (Å²) >= 11 is 3.37. The number of esters is 2. The van der Waals surface area contributed by atoms with E-state index in [0.717, 1.165) is 6.42 Å². The molecule has 8 aliphatic rings. The van der Waals surface area contributed by atoms with Gasteiger partial charge < -0.3 is 55.9 Å². The Kier molecular flexibility index (Phi) is 32.9. The van der Waals surface area contributed by atoms with E-state index in [2.05, 4.69) is 158 Å². The van der Waals surface area contributed by atoms with E-state index in [1.54, 1.807) is 84.8 Å². The number of nitrogens with zero attached hydrogens (tertiary/aromatic N) is 19. The lowest BCUT2D eigenvalue weighted by Gasteiger charge is -2.42. The largest absolute Gasteiger partial charge is 0.461 e. The van der Waals surface area contributed by atoms with Crippen LogP contribution in [0.1, 0.15) is 253 Å². The van der Waals surface area contributed by atoms with Gasteiger partial charge >= 0.3 is 11.9 Å². The average Bonchev–Trinajstić information content (AvgIpc) is 1.67. The Morgan fingerprint density at radius 1 is 0.427 bits per heavy atom. The first-order valence-electron chi connectivity index (χ1n) is 44.8. The van der Waals surface area contributed by atoms with Crippen molar-refractivity contribution in [2.24, 2.45) is 23.7 Å². The summed E-state index contributed by atoms with van der Waals surface area (Å²) in [6, 6.07) is 13.8. The molecule has 12 heterocycles. The Morgan fingerprint density at radius 3 is 0.954 bits per heavy atom. The molecule has 131 heavy (non-hydrogen) atoms. The Bertz CT molecular complexity index is 5050. The van der Waals surface area contributed by atoms with Gasteiger partial charge in [-0.2, -0.15) is 40.3 Å².